The normalized spacial score (nSPS) is 11.1. The molecule has 2 heterocycles. The first-order valence-corrected chi connectivity index (χ1v) is 8.50. The zero-order valence-electron chi connectivity index (χ0n) is 15.2. The number of carbonyl (C=O) groups excluding carboxylic acids is 1. The largest absolute Gasteiger partial charge is 0.359 e. The van der Waals surface area contributed by atoms with Gasteiger partial charge in [-0.3, -0.25) is 5.32 Å². The highest BCUT2D eigenvalue weighted by atomic mass is 16.5. The van der Waals surface area contributed by atoms with Gasteiger partial charge in [-0.05, 0) is 26.2 Å². The van der Waals surface area contributed by atoms with Crippen molar-refractivity contribution in [2.24, 2.45) is 0 Å². The van der Waals surface area contributed by atoms with Crippen LogP contribution >= 0.6 is 0 Å². The summed E-state index contributed by atoms with van der Waals surface area (Å²) >= 11 is 0. The molecule has 0 spiro atoms. The van der Waals surface area contributed by atoms with Gasteiger partial charge in [-0.15, -0.1) is 0 Å². The predicted octanol–water partition coefficient (Wildman–Crippen LogP) is 3.77. The first-order chi connectivity index (χ1) is 11.5. The fourth-order valence-electron chi connectivity index (χ4n) is 2.61. The zero-order valence-corrected chi connectivity index (χ0v) is 15.2. The predicted molar refractivity (Wildman–Crippen MR) is 92.9 cm³/mol. The second kappa shape index (κ2) is 7.99. The number of carbonyl (C=O) groups is 1. The molecule has 0 atom stereocenters. The van der Waals surface area contributed by atoms with Crippen LogP contribution < -0.4 is 5.32 Å². The Morgan fingerprint density at radius 1 is 1.38 bits per heavy atom. The second-order valence-corrected chi connectivity index (χ2v) is 6.02. The highest BCUT2D eigenvalue weighted by Gasteiger charge is 2.19. The van der Waals surface area contributed by atoms with Gasteiger partial charge in [0, 0.05) is 18.7 Å². The van der Waals surface area contributed by atoms with E-state index < -0.39 is 0 Å². The van der Waals surface area contributed by atoms with Gasteiger partial charge in [-0.2, -0.15) is 5.10 Å². The van der Waals surface area contributed by atoms with Gasteiger partial charge in [0.25, 0.3) is 0 Å². The van der Waals surface area contributed by atoms with E-state index in [1.807, 2.05) is 24.6 Å². The van der Waals surface area contributed by atoms with Crippen molar-refractivity contribution >= 4 is 11.8 Å². The summed E-state index contributed by atoms with van der Waals surface area (Å²) < 4.78 is 7.15. The molecule has 7 nitrogen and oxygen atoms in total. The van der Waals surface area contributed by atoms with Crippen LogP contribution in [0.2, 0.25) is 0 Å². The molecule has 0 radical (unpaired) electrons. The van der Waals surface area contributed by atoms with Crippen LogP contribution in [-0.4, -0.2) is 32.9 Å². The van der Waals surface area contributed by atoms with Crippen molar-refractivity contribution in [3.8, 4) is 0 Å². The third-order valence-electron chi connectivity index (χ3n) is 4.20. The van der Waals surface area contributed by atoms with E-state index in [1.165, 1.54) is 0 Å². The Bertz CT molecular complexity index is 672. The lowest BCUT2D eigenvalue weighted by Crippen LogP contribution is -2.32. The minimum Gasteiger partial charge on any atom is -0.359 e. The van der Waals surface area contributed by atoms with Gasteiger partial charge >= 0.3 is 6.03 Å². The number of urea groups is 1. The van der Waals surface area contributed by atoms with Crippen molar-refractivity contribution < 1.29 is 9.32 Å². The van der Waals surface area contributed by atoms with E-state index in [2.05, 4.69) is 29.4 Å². The summed E-state index contributed by atoms with van der Waals surface area (Å²) in [5.74, 6) is 1.43. The smallest absolute Gasteiger partial charge is 0.323 e. The summed E-state index contributed by atoms with van der Waals surface area (Å²) in [6.07, 6.45) is 4.54. The lowest BCUT2D eigenvalue weighted by molar-refractivity contribution is 0.213. The number of rotatable bonds is 7. The molecule has 0 aliphatic carbocycles. The van der Waals surface area contributed by atoms with Crippen molar-refractivity contribution in [3.63, 3.8) is 0 Å². The van der Waals surface area contributed by atoms with Gasteiger partial charge in [0.05, 0.1) is 24.5 Å². The molecule has 0 saturated heterocycles. The number of nitrogens with zero attached hydrogens (tertiary/aromatic N) is 4. The minimum atomic E-state index is -0.194. The van der Waals surface area contributed by atoms with E-state index in [0.29, 0.717) is 12.3 Å². The lowest BCUT2D eigenvalue weighted by atomic mass is 10.2. The molecule has 2 amide bonds. The quantitative estimate of drug-likeness (QED) is 0.837. The SMILES string of the molecule is CCc1cc(CN(C)C(=O)Nc2c(C)cnn2C(CC)CC)on1. The highest BCUT2D eigenvalue weighted by molar-refractivity contribution is 5.88. The van der Waals surface area contributed by atoms with Gasteiger partial charge < -0.3 is 9.42 Å². The molecule has 1 N–H and O–H groups in total. The zero-order chi connectivity index (χ0) is 17.7. The fraction of sp³-hybridized carbons (Fsp3) is 0.588. The molecule has 2 aromatic rings. The van der Waals surface area contributed by atoms with E-state index in [0.717, 1.165) is 36.3 Å². The average molecular weight is 333 g/mol. The number of amides is 2. The summed E-state index contributed by atoms with van der Waals surface area (Å²) in [4.78, 5) is 14.1. The van der Waals surface area contributed by atoms with Crippen molar-refractivity contribution in [3.05, 3.63) is 29.3 Å². The molecule has 132 valence electrons. The van der Waals surface area contributed by atoms with Crippen LogP contribution in [0.25, 0.3) is 0 Å². The topological polar surface area (TPSA) is 76.2 Å². The van der Waals surface area contributed by atoms with Crippen LogP contribution in [0.15, 0.2) is 16.8 Å². The maximum atomic E-state index is 12.5. The van der Waals surface area contributed by atoms with Crippen LogP contribution in [-0.2, 0) is 13.0 Å². The first kappa shape index (κ1) is 18.0. The van der Waals surface area contributed by atoms with Crippen LogP contribution in [0.1, 0.15) is 56.7 Å². The van der Waals surface area contributed by atoms with E-state index in [4.69, 9.17) is 4.52 Å². The Morgan fingerprint density at radius 2 is 2.08 bits per heavy atom. The van der Waals surface area contributed by atoms with Crippen LogP contribution in [0, 0.1) is 6.92 Å². The van der Waals surface area contributed by atoms with Gasteiger partial charge in [-0.25, -0.2) is 9.48 Å². The van der Waals surface area contributed by atoms with Crippen molar-refractivity contribution in [2.45, 2.75) is 59.5 Å². The van der Waals surface area contributed by atoms with E-state index >= 15 is 0 Å². The molecular weight excluding hydrogens is 306 g/mol. The number of hydrogen-bond acceptors (Lipinski definition) is 4. The van der Waals surface area contributed by atoms with Crippen LogP contribution in [0.5, 0.6) is 0 Å². The molecule has 7 heteroatoms. The van der Waals surface area contributed by atoms with Gasteiger partial charge in [0.2, 0.25) is 0 Å². The van der Waals surface area contributed by atoms with Crippen molar-refractivity contribution in [2.75, 3.05) is 12.4 Å². The summed E-state index contributed by atoms with van der Waals surface area (Å²) in [7, 11) is 1.73. The number of hydrogen-bond donors (Lipinski definition) is 1. The summed E-state index contributed by atoms with van der Waals surface area (Å²) in [5, 5.41) is 11.3. The van der Waals surface area contributed by atoms with Crippen LogP contribution in [0.4, 0.5) is 10.6 Å². The number of aryl methyl sites for hydroxylation is 2. The summed E-state index contributed by atoms with van der Waals surface area (Å²) in [6.45, 7) is 8.58. The maximum Gasteiger partial charge on any atom is 0.323 e. The lowest BCUT2D eigenvalue weighted by Gasteiger charge is -2.20. The summed E-state index contributed by atoms with van der Waals surface area (Å²) in [6, 6.07) is 1.96. The van der Waals surface area contributed by atoms with Gasteiger partial charge in [-0.1, -0.05) is 25.9 Å². The Balaban J connectivity index is 2.07. The fourth-order valence-corrected chi connectivity index (χ4v) is 2.61. The van der Waals surface area contributed by atoms with E-state index in [-0.39, 0.29) is 12.1 Å². The molecule has 0 aliphatic heterocycles. The highest BCUT2D eigenvalue weighted by Crippen LogP contribution is 2.24. The molecule has 0 saturated carbocycles. The van der Waals surface area contributed by atoms with Gasteiger partial charge in [0.15, 0.2) is 5.76 Å². The Morgan fingerprint density at radius 3 is 2.67 bits per heavy atom. The minimum absolute atomic E-state index is 0.194. The molecular formula is C17H27N5O2. The molecule has 0 aliphatic rings. The molecule has 0 aromatic carbocycles. The Hall–Kier alpha value is -2.31. The number of anilines is 1. The molecule has 2 aromatic heterocycles. The third kappa shape index (κ3) is 3.96. The maximum absolute atomic E-state index is 12.5. The Labute approximate surface area is 143 Å². The Kier molecular flexibility index (Phi) is 6.00. The summed E-state index contributed by atoms with van der Waals surface area (Å²) in [5.41, 5.74) is 1.85. The molecule has 24 heavy (non-hydrogen) atoms. The van der Waals surface area contributed by atoms with E-state index in [1.54, 1.807) is 18.1 Å². The molecule has 0 bridgehead atoms. The third-order valence-corrected chi connectivity index (χ3v) is 4.20. The van der Waals surface area contributed by atoms with Crippen LogP contribution in [0.3, 0.4) is 0 Å². The average Bonchev–Trinajstić information content (AvgIpc) is 3.17. The molecule has 2 rings (SSSR count). The monoisotopic (exact) mass is 333 g/mol. The van der Waals surface area contributed by atoms with Crippen molar-refractivity contribution in [1.82, 2.24) is 19.8 Å². The van der Waals surface area contributed by atoms with Crippen molar-refractivity contribution in [1.29, 1.82) is 0 Å². The van der Waals surface area contributed by atoms with Gasteiger partial charge in [0.1, 0.15) is 5.82 Å². The standard InChI is InChI=1S/C17H27N5O2/c1-6-13-9-15(24-20-13)11-21(5)17(23)19-16-12(4)10-18-22(16)14(7-2)8-3/h9-10,14H,6-8,11H2,1-5H3,(H,19,23). The number of aromatic nitrogens is 3. The number of nitrogens with one attached hydrogen (secondary N) is 1. The second-order valence-electron chi connectivity index (χ2n) is 6.02. The first-order valence-electron chi connectivity index (χ1n) is 8.50. The van der Waals surface area contributed by atoms with E-state index in [9.17, 15) is 4.79 Å². The molecule has 0 unspecified atom stereocenters. The molecule has 0 fully saturated rings.